The topological polar surface area (TPSA) is 29.3 Å². The second-order valence-electron chi connectivity index (χ2n) is 5.39. The largest absolute Gasteiger partial charge is 0.320 e. The van der Waals surface area contributed by atoms with Crippen LogP contribution in [0, 0.1) is 17.7 Å². The van der Waals surface area contributed by atoms with Crippen molar-refractivity contribution in [1.82, 2.24) is 4.90 Å². The highest BCUT2D eigenvalue weighted by molar-refractivity contribution is 5.37. The van der Waals surface area contributed by atoms with Crippen molar-refractivity contribution < 1.29 is 4.39 Å². The van der Waals surface area contributed by atoms with E-state index in [1.54, 1.807) is 0 Å². The van der Waals surface area contributed by atoms with Gasteiger partial charge in [-0.1, -0.05) is 38.2 Å². The number of nitrogens with zero attached hydrogens (tertiary/aromatic N) is 1. The third-order valence-electron chi connectivity index (χ3n) is 3.77. The highest BCUT2D eigenvalue weighted by Crippen LogP contribution is 2.16. The quantitative estimate of drug-likeness (QED) is 0.778. The molecule has 0 aromatic heterocycles. The first-order valence-corrected chi connectivity index (χ1v) is 7.83. The van der Waals surface area contributed by atoms with Gasteiger partial charge in [-0.25, -0.2) is 4.39 Å². The lowest BCUT2D eigenvalue weighted by molar-refractivity contribution is 0.190. The highest BCUT2D eigenvalue weighted by atomic mass is 19.1. The van der Waals surface area contributed by atoms with Crippen molar-refractivity contribution in [2.45, 2.75) is 52.6 Å². The van der Waals surface area contributed by atoms with Crippen molar-refractivity contribution in [3.05, 3.63) is 35.1 Å². The number of benzene rings is 1. The number of hydrogen-bond donors (Lipinski definition) is 1. The minimum Gasteiger partial charge on any atom is -0.320 e. The number of unbranched alkanes of at least 4 members (excludes halogenated alkanes) is 1. The summed E-state index contributed by atoms with van der Waals surface area (Å²) in [5.74, 6) is 5.44. The van der Waals surface area contributed by atoms with Crippen LogP contribution < -0.4 is 5.73 Å². The van der Waals surface area contributed by atoms with Gasteiger partial charge in [0.15, 0.2) is 0 Å². The molecule has 0 aliphatic carbocycles. The highest BCUT2D eigenvalue weighted by Gasteiger charge is 2.14. The van der Waals surface area contributed by atoms with Gasteiger partial charge in [-0.3, -0.25) is 4.90 Å². The van der Waals surface area contributed by atoms with Crippen LogP contribution in [0.15, 0.2) is 18.2 Å². The maximum Gasteiger partial charge on any atom is 0.128 e. The third kappa shape index (κ3) is 5.87. The zero-order chi connectivity index (χ0) is 15.7. The van der Waals surface area contributed by atoms with Gasteiger partial charge >= 0.3 is 0 Å². The summed E-state index contributed by atoms with van der Waals surface area (Å²) in [5, 5.41) is 0. The average Bonchev–Trinajstić information content (AvgIpc) is 2.50. The summed E-state index contributed by atoms with van der Waals surface area (Å²) in [6.07, 6.45) is 3.38. The van der Waals surface area contributed by atoms with E-state index < -0.39 is 0 Å². The van der Waals surface area contributed by atoms with Crippen LogP contribution in [0.2, 0.25) is 0 Å². The maximum atomic E-state index is 14.2. The monoisotopic (exact) mass is 290 g/mol. The zero-order valence-corrected chi connectivity index (χ0v) is 13.5. The zero-order valence-electron chi connectivity index (χ0n) is 13.5. The fourth-order valence-electron chi connectivity index (χ4n) is 2.20. The Morgan fingerprint density at radius 3 is 2.67 bits per heavy atom. The van der Waals surface area contributed by atoms with E-state index in [1.165, 1.54) is 6.07 Å². The van der Waals surface area contributed by atoms with Gasteiger partial charge in [-0.15, -0.1) is 0 Å². The van der Waals surface area contributed by atoms with Crippen molar-refractivity contribution in [1.29, 1.82) is 0 Å². The molecule has 0 fully saturated rings. The Balaban J connectivity index is 2.83. The van der Waals surface area contributed by atoms with E-state index in [-0.39, 0.29) is 5.82 Å². The van der Waals surface area contributed by atoms with Crippen LogP contribution in [-0.4, -0.2) is 24.0 Å². The summed E-state index contributed by atoms with van der Waals surface area (Å²) >= 11 is 0. The van der Waals surface area contributed by atoms with E-state index in [9.17, 15) is 4.39 Å². The lowest BCUT2D eigenvalue weighted by Crippen LogP contribution is -2.33. The van der Waals surface area contributed by atoms with Crippen LogP contribution in [0.5, 0.6) is 0 Å². The molecule has 1 aromatic carbocycles. The van der Waals surface area contributed by atoms with Gasteiger partial charge in [0.25, 0.3) is 0 Å². The van der Waals surface area contributed by atoms with Gasteiger partial charge < -0.3 is 5.73 Å². The molecular weight excluding hydrogens is 263 g/mol. The molecule has 0 aliphatic heterocycles. The van der Waals surface area contributed by atoms with Crippen molar-refractivity contribution >= 4 is 0 Å². The molecule has 3 heteroatoms. The van der Waals surface area contributed by atoms with E-state index >= 15 is 0 Å². The van der Waals surface area contributed by atoms with Crippen LogP contribution in [0.4, 0.5) is 4.39 Å². The molecule has 0 radical (unpaired) electrons. The van der Waals surface area contributed by atoms with Gasteiger partial charge in [0, 0.05) is 23.7 Å². The predicted molar refractivity (Wildman–Crippen MR) is 87.4 cm³/mol. The van der Waals surface area contributed by atoms with Gasteiger partial charge in [0.1, 0.15) is 5.82 Å². The third-order valence-corrected chi connectivity index (χ3v) is 3.77. The summed E-state index contributed by atoms with van der Waals surface area (Å²) in [6.45, 7) is 8.52. The van der Waals surface area contributed by atoms with Crippen LogP contribution >= 0.6 is 0 Å². The van der Waals surface area contributed by atoms with Gasteiger partial charge in [0.2, 0.25) is 0 Å². The fraction of sp³-hybridized carbons (Fsp3) is 0.556. The first-order valence-electron chi connectivity index (χ1n) is 7.83. The number of halogens is 1. The van der Waals surface area contributed by atoms with Crippen LogP contribution in [0.3, 0.4) is 0 Å². The number of rotatable bonds is 7. The summed E-state index contributed by atoms with van der Waals surface area (Å²) in [5.41, 5.74) is 6.76. The summed E-state index contributed by atoms with van der Waals surface area (Å²) in [7, 11) is 0. The van der Waals surface area contributed by atoms with Gasteiger partial charge in [-0.2, -0.15) is 0 Å². The Kier molecular flexibility index (Phi) is 8.04. The van der Waals surface area contributed by atoms with Crippen molar-refractivity contribution in [2.24, 2.45) is 5.73 Å². The minimum absolute atomic E-state index is 0.177. The molecule has 0 saturated heterocycles. The number of hydrogen-bond acceptors (Lipinski definition) is 2. The Hall–Kier alpha value is -1.37. The predicted octanol–water partition coefficient (Wildman–Crippen LogP) is 3.54. The molecule has 0 bridgehead atoms. The lowest BCUT2D eigenvalue weighted by atomic mass is 10.1. The molecule has 2 N–H and O–H groups in total. The van der Waals surface area contributed by atoms with E-state index in [1.807, 2.05) is 12.1 Å². The van der Waals surface area contributed by atoms with Gasteiger partial charge in [0.05, 0.1) is 6.54 Å². The Labute approximate surface area is 128 Å². The molecule has 21 heavy (non-hydrogen) atoms. The molecule has 1 aromatic rings. The van der Waals surface area contributed by atoms with Crippen LogP contribution in [0.25, 0.3) is 0 Å². The van der Waals surface area contributed by atoms with Crippen molar-refractivity contribution in [3.63, 3.8) is 0 Å². The smallest absolute Gasteiger partial charge is 0.128 e. The molecule has 2 nitrogen and oxygen atoms in total. The van der Waals surface area contributed by atoms with Gasteiger partial charge in [-0.05, 0) is 38.4 Å². The lowest BCUT2D eigenvalue weighted by Gasteiger charge is -2.28. The summed E-state index contributed by atoms with van der Waals surface area (Å²) in [4.78, 5) is 2.35. The van der Waals surface area contributed by atoms with Crippen LogP contribution in [-0.2, 0) is 6.54 Å². The Morgan fingerprint density at radius 2 is 2.10 bits per heavy atom. The Morgan fingerprint density at radius 1 is 1.33 bits per heavy atom. The summed E-state index contributed by atoms with van der Waals surface area (Å²) in [6, 6.07) is 5.69. The number of nitrogens with two attached hydrogens (primary N) is 1. The molecule has 1 atom stereocenters. The molecule has 116 valence electrons. The standard InChI is InChI=1S/C18H27FN2/c1-4-6-12-21(15(3)5-2)14-17-10-9-16(8-7-11-20)13-18(17)19/h9-10,13,15H,4-6,11-12,14,20H2,1-3H3. The van der Waals surface area contributed by atoms with E-state index in [0.29, 0.717) is 24.7 Å². The normalized spacial score (nSPS) is 12.1. The molecule has 0 aliphatic rings. The first kappa shape index (κ1) is 17.7. The van der Waals surface area contributed by atoms with Crippen LogP contribution in [0.1, 0.15) is 51.2 Å². The molecule has 0 heterocycles. The minimum atomic E-state index is -0.177. The average molecular weight is 290 g/mol. The second kappa shape index (κ2) is 9.55. The SMILES string of the molecule is CCCCN(Cc1ccc(C#CCN)cc1F)C(C)CC. The van der Waals surface area contributed by atoms with E-state index in [2.05, 4.69) is 37.5 Å². The molecule has 0 spiro atoms. The fourth-order valence-corrected chi connectivity index (χ4v) is 2.20. The van der Waals surface area contributed by atoms with Crippen molar-refractivity contribution in [3.8, 4) is 11.8 Å². The molecule has 0 saturated carbocycles. The summed E-state index contributed by atoms with van der Waals surface area (Å²) < 4.78 is 14.2. The van der Waals surface area contributed by atoms with E-state index in [4.69, 9.17) is 5.73 Å². The van der Waals surface area contributed by atoms with Crippen molar-refractivity contribution in [2.75, 3.05) is 13.1 Å². The molecular formula is C18H27FN2. The van der Waals surface area contributed by atoms with E-state index in [0.717, 1.165) is 31.4 Å². The Bertz CT molecular complexity index is 488. The molecule has 1 unspecified atom stereocenters. The molecule has 1 rings (SSSR count). The second-order valence-corrected chi connectivity index (χ2v) is 5.39. The first-order chi connectivity index (χ1) is 10.1. The molecule has 0 amide bonds. The maximum absolute atomic E-state index is 14.2.